The van der Waals surface area contributed by atoms with Gasteiger partial charge in [0, 0.05) is 11.8 Å². The van der Waals surface area contributed by atoms with Crippen LogP contribution in [0.15, 0.2) is 29.2 Å². The van der Waals surface area contributed by atoms with E-state index in [0.29, 0.717) is 25.7 Å². The van der Waals surface area contributed by atoms with Crippen LogP contribution in [0.1, 0.15) is 44.6 Å². The van der Waals surface area contributed by atoms with Crippen LogP contribution in [0.4, 0.5) is 0 Å². The number of aryl methyl sites for hydroxylation is 1. The molecule has 3 fully saturated rings. The summed E-state index contributed by atoms with van der Waals surface area (Å²) in [5.41, 5.74) is 0.357. The topological polar surface area (TPSA) is 88.1 Å². The fourth-order valence-corrected chi connectivity index (χ4v) is 6.18. The molecule has 2 heterocycles. The van der Waals surface area contributed by atoms with Crippen molar-refractivity contribution in [1.82, 2.24) is 0 Å². The van der Waals surface area contributed by atoms with Crippen LogP contribution >= 0.6 is 0 Å². The van der Waals surface area contributed by atoms with Gasteiger partial charge in [0.25, 0.3) is 10.1 Å². The second kappa shape index (κ2) is 7.34. The molecule has 0 radical (unpaired) electrons. The summed E-state index contributed by atoms with van der Waals surface area (Å²) >= 11 is 0. The molecule has 0 aromatic heterocycles. The van der Waals surface area contributed by atoms with Crippen LogP contribution in [0.25, 0.3) is 0 Å². The number of hydrogen-bond donors (Lipinski definition) is 0. The highest BCUT2D eigenvalue weighted by atomic mass is 32.2. The fourth-order valence-electron chi connectivity index (χ4n) is 4.99. The molecule has 1 aromatic rings. The molecule has 3 aliphatic rings. The highest BCUT2D eigenvalue weighted by Gasteiger charge is 2.64. The Labute approximate surface area is 171 Å². The van der Waals surface area contributed by atoms with Gasteiger partial charge in [-0.25, -0.2) is 0 Å². The van der Waals surface area contributed by atoms with E-state index in [-0.39, 0.29) is 23.6 Å². The Morgan fingerprint density at radius 2 is 1.90 bits per heavy atom. The van der Waals surface area contributed by atoms with Crippen molar-refractivity contribution in [3.05, 3.63) is 29.8 Å². The molecule has 2 bridgehead atoms. The van der Waals surface area contributed by atoms with Crippen molar-refractivity contribution in [2.45, 2.75) is 68.8 Å². The third-order valence-corrected chi connectivity index (χ3v) is 8.18. The maximum atomic E-state index is 12.9. The quantitative estimate of drug-likeness (QED) is 0.542. The summed E-state index contributed by atoms with van der Waals surface area (Å²) in [6, 6.07) is 6.64. The predicted molar refractivity (Wildman–Crippen MR) is 103 cm³/mol. The van der Waals surface area contributed by atoms with Crippen molar-refractivity contribution in [2.24, 2.45) is 11.3 Å². The molecule has 8 heteroatoms. The van der Waals surface area contributed by atoms with Crippen LogP contribution in [0.3, 0.4) is 0 Å². The van der Waals surface area contributed by atoms with E-state index >= 15 is 0 Å². The van der Waals surface area contributed by atoms with Crippen LogP contribution in [-0.4, -0.2) is 46.1 Å². The molecule has 0 N–H and O–H groups in total. The number of methoxy groups -OCH3 is 1. The van der Waals surface area contributed by atoms with Crippen molar-refractivity contribution >= 4 is 16.1 Å². The Morgan fingerprint density at radius 1 is 1.17 bits per heavy atom. The minimum atomic E-state index is -3.91. The molecule has 5 unspecified atom stereocenters. The van der Waals surface area contributed by atoms with E-state index in [4.69, 9.17) is 18.4 Å². The number of rotatable bonds is 4. The van der Waals surface area contributed by atoms with E-state index in [2.05, 4.69) is 0 Å². The number of ether oxygens (including phenoxy) is 3. The Bertz CT molecular complexity index is 881. The van der Waals surface area contributed by atoms with Gasteiger partial charge in [0.05, 0.1) is 30.8 Å². The molecule has 1 aliphatic carbocycles. The van der Waals surface area contributed by atoms with Crippen LogP contribution in [-0.2, 0) is 33.3 Å². The lowest BCUT2D eigenvalue weighted by Gasteiger charge is -2.61. The maximum Gasteiger partial charge on any atom is 0.313 e. The highest BCUT2D eigenvalue weighted by molar-refractivity contribution is 7.86. The minimum Gasteiger partial charge on any atom is -0.469 e. The molecular formula is C21H28O7S. The highest BCUT2D eigenvalue weighted by Crippen LogP contribution is 2.58. The summed E-state index contributed by atoms with van der Waals surface area (Å²) in [6.07, 6.45) is 2.43. The zero-order valence-corrected chi connectivity index (χ0v) is 17.9. The zero-order chi connectivity index (χ0) is 20.9. The lowest BCUT2D eigenvalue weighted by molar-refractivity contribution is -0.397. The number of benzene rings is 1. The summed E-state index contributed by atoms with van der Waals surface area (Å²) in [5.74, 6) is -1.72. The standard InChI is InChI=1S/C21H28O7S/c1-14-6-8-15(9-7-14)29(23,24)28-18-5-4-11-21-20(18,2)12-10-17(27-21)16(13-26-21)19(22)25-3/h6-9,16-18H,4-5,10-13H2,1-3H3. The van der Waals surface area contributed by atoms with E-state index in [0.717, 1.165) is 12.0 Å². The number of carbonyl (C=O) groups excluding carboxylic acids is 1. The van der Waals surface area contributed by atoms with Crippen molar-refractivity contribution < 1.29 is 31.6 Å². The first kappa shape index (κ1) is 20.8. The summed E-state index contributed by atoms with van der Waals surface area (Å²) in [7, 11) is -2.55. The van der Waals surface area contributed by atoms with Crippen LogP contribution in [0.5, 0.6) is 0 Å². The van der Waals surface area contributed by atoms with Gasteiger partial charge >= 0.3 is 5.97 Å². The minimum absolute atomic E-state index is 0.149. The molecule has 2 saturated heterocycles. The average molecular weight is 425 g/mol. The lowest BCUT2D eigenvalue weighted by Crippen LogP contribution is -2.68. The number of esters is 1. The monoisotopic (exact) mass is 424 g/mol. The molecule has 4 rings (SSSR count). The van der Waals surface area contributed by atoms with E-state index in [1.165, 1.54) is 7.11 Å². The van der Waals surface area contributed by atoms with Crippen LogP contribution in [0.2, 0.25) is 0 Å². The largest absolute Gasteiger partial charge is 0.469 e. The van der Waals surface area contributed by atoms with Crippen molar-refractivity contribution in [3.63, 3.8) is 0 Å². The van der Waals surface area contributed by atoms with Gasteiger partial charge in [0.15, 0.2) is 5.79 Å². The van der Waals surface area contributed by atoms with Crippen LogP contribution in [0, 0.1) is 18.3 Å². The van der Waals surface area contributed by atoms with Gasteiger partial charge in [-0.05, 0) is 44.7 Å². The summed E-state index contributed by atoms with van der Waals surface area (Å²) in [5, 5.41) is 0. The Hall–Kier alpha value is -1.48. The van der Waals surface area contributed by atoms with Crippen LogP contribution < -0.4 is 0 Å². The third kappa shape index (κ3) is 3.40. The average Bonchev–Trinajstić information content (AvgIpc) is 2.69. The number of carbonyl (C=O) groups is 1. The molecule has 0 amide bonds. The third-order valence-electron chi connectivity index (χ3n) is 6.84. The zero-order valence-electron chi connectivity index (χ0n) is 17.1. The van der Waals surface area contributed by atoms with E-state index in [1.54, 1.807) is 24.3 Å². The summed E-state index contributed by atoms with van der Waals surface area (Å²) < 4.78 is 49.0. The summed E-state index contributed by atoms with van der Waals surface area (Å²) in [6.45, 7) is 4.10. The van der Waals surface area contributed by atoms with Gasteiger partial charge in [-0.3, -0.25) is 8.98 Å². The normalized spacial score (nSPS) is 36.9. The number of fused-ring (bicyclic) bond motifs is 1. The van der Waals surface area contributed by atoms with Gasteiger partial charge < -0.3 is 14.2 Å². The van der Waals surface area contributed by atoms with Gasteiger partial charge in [0.2, 0.25) is 0 Å². The molecule has 2 aliphatic heterocycles. The van der Waals surface area contributed by atoms with E-state index in [1.807, 2.05) is 13.8 Å². The van der Waals surface area contributed by atoms with Crippen molar-refractivity contribution in [3.8, 4) is 0 Å². The van der Waals surface area contributed by atoms with Crippen molar-refractivity contribution in [1.29, 1.82) is 0 Å². The fraction of sp³-hybridized carbons (Fsp3) is 0.667. The molecule has 1 spiro atoms. The first-order valence-electron chi connectivity index (χ1n) is 10.1. The second-order valence-electron chi connectivity index (χ2n) is 8.55. The maximum absolute atomic E-state index is 12.9. The first-order valence-corrected chi connectivity index (χ1v) is 11.5. The van der Waals surface area contributed by atoms with E-state index < -0.39 is 33.3 Å². The Kier molecular flexibility index (Phi) is 5.26. The molecule has 29 heavy (non-hydrogen) atoms. The van der Waals surface area contributed by atoms with Gasteiger partial charge in [-0.2, -0.15) is 8.42 Å². The second-order valence-corrected chi connectivity index (χ2v) is 10.1. The Morgan fingerprint density at radius 3 is 2.59 bits per heavy atom. The summed E-state index contributed by atoms with van der Waals surface area (Å²) in [4.78, 5) is 12.2. The predicted octanol–water partition coefficient (Wildman–Crippen LogP) is 2.95. The molecular weight excluding hydrogens is 396 g/mol. The van der Waals surface area contributed by atoms with Gasteiger partial charge in [-0.15, -0.1) is 0 Å². The van der Waals surface area contributed by atoms with E-state index in [9.17, 15) is 13.2 Å². The van der Waals surface area contributed by atoms with Crippen molar-refractivity contribution in [2.75, 3.05) is 13.7 Å². The molecule has 160 valence electrons. The SMILES string of the molecule is COC(=O)C1COC23CCCC(OS(=O)(=O)c4ccc(C)cc4)C2(C)CCC1O3. The van der Waals surface area contributed by atoms with Gasteiger partial charge in [-0.1, -0.05) is 24.6 Å². The Balaban J connectivity index is 1.58. The first-order chi connectivity index (χ1) is 13.7. The molecule has 7 nitrogen and oxygen atoms in total. The molecule has 1 saturated carbocycles. The smallest absolute Gasteiger partial charge is 0.313 e. The number of hydrogen-bond acceptors (Lipinski definition) is 7. The lowest BCUT2D eigenvalue weighted by atomic mass is 9.62. The van der Waals surface area contributed by atoms with Gasteiger partial charge in [0.1, 0.15) is 5.92 Å². The molecule has 1 aromatic carbocycles. The molecule has 5 atom stereocenters.